The van der Waals surface area contributed by atoms with Crippen molar-refractivity contribution in [3.05, 3.63) is 23.2 Å². The second-order valence-corrected chi connectivity index (χ2v) is 5.46. The van der Waals surface area contributed by atoms with E-state index in [1.54, 1.807) is 12.1 Å². The molecule has 0 spiro atoms. The third kappa shape index (κ3) is 2.22. The van der Waals surface area contributed by atoms with Crippen molar-refractivity contribution in [3.8, 4) is 5.75 Å². The first-order chi connectivity index (χ1) is 8.22. The third-order valence-electron chi connectivity index (χ3n) is 3.96. The maximum absolute atomic E-state index is 9.39. The molecule has 1 unspecified atom stereocenters. The van der Waals surface area contributed by atoms with Gasteiger partial charge in [-0.2, -0.15) is 0 Å². The Labute approximate surface area is 106 Å². The van der Waals surface area contributed by atoms with Gasteiger partial charge >= 0.3 is 0 Å². The number of piperidine rings is 3. The van der Waals surface area contributed by atoms with Crippen molar-refractivity contribution >= 4 is 17.3 Å². The van der Waals surface area contributed by atoms with E-state index in [1.807, 2.05) is 6.07 Å². The first kappa shape index (κ1) is 11.2. The average Bonchev–Trinajstić information content (AvgIpc) is 2.35. The fourth-order valence-electron chi connectivity index (χ4n) is 2.94. The normalized spacial score (nSPS) is 31.5. The molecule has 92 valence electrons. The molecule has 3 saturated heterocycles. The summed E-state index contributed by atoms with van der Waals surface area (Å²) in [6.07, 6.45) is 2.59. The Hall–Kier alpha value is -0.930. The molecule has 1 aromatic rings. The molecule has 2 bridgehead atoms. The minimum Gasteiger partial charge on any atom is -0.506 e. The van der Waals surface area contributed by atoms with Gasteiger partial charge < -0.3 is 15.3 Å². The summed E-state index contributed by atoms with van der Waals surface area (Å²) in [6, 6.07) is 5.86. The Bertz CT molecular complexity index is 416. The van der Waals surface area contributed by atoms with Crippen molar-refractivity contribution in [2.24, 2.45) is 5.92 Å². The number of phenols is 1. The quantitative estimate of drug-likeness (QED) is 0.794. The summed E-state index contributed by atoms with van der Waals surface area (Å²) < 4.78 is 0. The van der Waals surface area contributed by atoms with E-state index < -0.39 is 0 Å². The molecule has 3 aliphatic rings. The van der Waals surface area contributed by atoms with Gasteiger partial charge in [0.25, 0.3) is 0 Å². The van der Waals surface area contributed by atoms with Crippen molar-refractivity contribution in [3.63, 3.8) is 0 Å². The highest BCUT2D eigenvalue weighted by Gasteiger charge is 2.33. The number of phenolic OH excluding ortho intramolecular Hbond substituents is 1. The van der Waals surface area contributed by atoms with Crippen molar-refractivity contribution in [1.82, 2.24) is 4.90 Å². The van der Waals surface area contributed by atoms with Crippen molar-refractivity contribution in [2.75, 3.05) is 25.0 Å². The number of halogens is 1. The van der Waals surface area contributed by atoms with Gasteiger partial charge in [-0.15, -0.1) is 0 Å². The molecular formula is C13H17ClN2O. The van der Waals surface area contributed by atoms with Crippen LogP contribution in [0, 0.1) is 5.92 Å². The van der Waals surface area contributed by atoms with Crippen LogP contribution in [-0.2, 0) is 0 Å². The van der Waals surface area contributed by atoms with Gasteiger partial charge in [0.15, 0.2) is 0 Å². The van der Waals surface area contributed by atoms with Gasteiger partial charge in [0.2, 0.25) is 0 Å². The third-order valence-corrected chi connectivity index (χ3v) is 4.26. The van der Waals surface area contributed by atoms with Gasteiger partial charge in [0.05, 0.1) is 5.02 Å². The molecule has 0 amide bonds. The summed E-state index contributed by atoms with van der Waals surface area (Å²) in [5, 5.41) is 13.3. The standard InChI is InChI=1S/C13H17ClN2O/c14-11-7-10(1-2-13(11)17)15-12-8-16-5-3-9(12)4-6-16/h1-2,7,9,12,15,17H,3-6,8H2. The molecule has 2 N–H and O–H groups in total. The van der Waals surface area contributed by atoms with E-state index in [1.165, 1.54) is 25.9 Å². The van der Waals surface area contributed by atoms with Crippen LogP contribution in [-0.4, -0.2) is 35.7 Å². The predicted octanol–water partition coefficient (Wildman–Crippen LogP) is 2.55. The van der Waals surface area contributed by atoms with Crippen LogP contribution >= 0.6 is 11.6 Å². The molecule has 3 aliphatic heterocycles. The second-order valence-electron chi connectivity index (χ2n) is 5.06. The maximum atomic E-state index is 9.39. The molecule has 1 atom stereocenters. The van der Waals surface area contributed by atoms with E-state index in [4.69, 9.17) is 11.6 Å². The van der Waals surface area contributed by atoms with Gasteiger partial charge in [-0.3, -0.25) is 0 Å². The molecular weight excluding hydrogens is 236 g/mol. The minimum atomic E-state index is 0.145. The van der Waals surface area contributed by atoms with Crippen LogP contribution in [0.25, 0.3) is 0 Å². The Morgan fingerprint density at radius 2 is 2.06 bits per heavy atom. The number of benzene rings is 1. The first-order valence-electron chi connectivity index (χ1n) is 6.20. The summed E-state index contributed by atoms with van der Waals surface area (Å²) in [5.74, 6) is 0.929. The van der Waals surface area contributed by atoms with E-state index in [0.29, 0.717) is 11.1 Å². The molecule has 0 aliphatic carbocycles. The molecule has 3 nitrogen and oxygen atoms in total. The fourth-order valence-corrected chi connectivity index (χ4v) is 3.12. The zero-order valence-corrected chi connectivity index (χ0v) is 10.5. The summed E-state index contributed by atoms with van der Waals surface area (Å²) in [5.41, 5.74) is 1.01. The number of hydrogen-bond acceptors (Lipinski definition) is 3. The Balaban J connectivity index is 1.72. The number of nitrogens with zero attached hydrogens (tertiary/aromatic N) is 1. The highest BCUT2D eigenvalue weighted by molar-refractivity contribution is 6.32. The fraction of sp³-hybridized carbons (Fsp3) is 0.538. The molecule has 3 heterocycles. The lowest BCUT2D eigenvalue weighted by Crippen LogP contribution is -2.53. The van der Waals surface area contributed by atoms with Crippen molar-refractivity contribution in [1.29, 1.82) is 0 Å². The first-order valence-corrected chi connectivity index (χ1v) is 6.57. The molecule has 0 saturated carbocycles. The summed E-state index contributed by atoms with van der Waals surface area (Å²) >= 11 is 5.91. The Kier molecular flexibility index (Phi) is 2.89. The summed E-state index contributed by atoms with van der Waals surface area (Å²) in [6.45, 7) is 3.63. The largest absolute Gasteiger partial charge is 0.506 e. The van der Waals surface area contributed by atoms with Gasteiger partial charge in [-0.1, -0.05) is 11.6 Å². The zero-order valence-electron chi connectivity index (χ0n) is 9.69. The van der Waals surface area contributed by atoms with Crippen LogP contribution < -0.4 is 5.32 Å². The second kappa shape index (κ2) is 4.39. The molecule has 4 rings (SSSR count). The van der Waals surface area contributed by atoms with E-state index in [9.17, 15) is 5.11 Å². The van der Waals surface area contributed by atoms with Crippen LogP contribution in [0.1, 0.15) is 12.8 Å². The van der Waals surface area contributed by atoms with Gasteiger partial charge in [0.1, 0.15) is 5.75 Å². The maximum Gasteiger partial charge on any atom is 0.134 e. The van der Waals surface area contributed by atoms with E-state index in [-0.39, 0.29) is 5.75 Å². The van der Waals surface area contributed by atoms with Crippen LogP contribution in [0.5, 0.6) is 5.75 Å². The molecule has 17 heavy (non-hydrogen) atoms. The number of hydrogen-bond donors (Lipinski definition) is 2. The van der Waals surface area contributed by atoms with Gasteiger partial charge in [-0.05, 0) is 50.0 Å². The highest BCUT2D eigenvalue weighted by Crippen LogP contribution is 2.31. The number of fused-ring (bicyclic) bond motifs is 3. The molecule has 3 fully saturated rings. The van der Waals surface area contributed by atoms with Crippen LogP contribution in [0.3, 0.4) is 0 Å². The Morgan fingerprint density at radius 3 is 2.65 bits per heavy atom. The average molecular weight is 253 g/mol. The van der Waals surface area contributed by atoms with Crippen LogP contribution in [0.15, 0.2) is 18.2 Å². The van der Waals surface area contributed by atoms with Crippen LogP contribution in [0.2, 0.25) is 5.02 Å². The van der Waals surface area contributed by atoms with E-state index in [2.05, 4.69) is 10.2 Å². The Morgan fingerprint density at radius 1 is 1.29 bits per heavy atom. The zero-order chi connectivity index (χ0) is 11.8. The number of nitrogens with one attached hydrogen (secondary N) is 1. The number of aromatic hydroxyl groups is 1. The number of anilines is 1. The topological polar surface area (TPSA) is 35.5 Å². The molecule has 0 aromatic heterocycles. The molecule has 1 aromatic carbocycles. The molecule has 0 radical (unpaired) electrons. The lowest BCUT2D eigenvalue weighted by atomic mass is 9.84. The lowest BCUT2D eigenvalue weighted by Gasteiger charge is -2.45. The summed E-state index contributed by atoms with van der Waals surface area (Å²) in [7, 11) is 0. The van der Waals surface area contributed by atoms with Crippen LogP contribution in [0.4, 0.5) is 5.69 Å². The SMILES string of the molecule is Oc1ccc(NC2CN3CCC2CC3)cc1Cl. The highest BCUT2D eigenvalue weighted by atomic mass is 35.5. The predicted molar refractivity (Wildman–Crippen MR) is 69.7 cm³/mol. The van der Waals surface area contributed by atoms with E-state index in [0.717, 1.165) is 18.2 Å². The number of rotatable bonds is 2. The van der Waals surface area contributed by atoms with Gasteiger partial charge in [-0.25, -0.2) is 0 Å². The smallest absolute Gasteiger partial charge is 0.134 e. The van der Waals surface area contributed by atoms with E-state index >= 15 is 0 Å². The van der Waals surface area contributed by atoms with Gasteiger partial charge in [0, 0.05) is 18.3 Å². The van der Waals surface area contributed by atoms with Crippen molar-refractivity contribution < 1.29 is 5.11 Å². The monoisotopic (exact) mass is 252 g/mol. The minimum absolute atomic E-state index is 0.145. The molecule has 4 heteroatoms. The lowest BCUT2D eigenvalue weighted by molar-refractivity contribution is 0.0975. The summed E-state index contributed by atoms with van der Waals surface area (Å²) in [4.78, 5) is 2.51. The van der Waals surface area contributed by atoms with Crippen molar-refractivity contribution in [2.45, 2.75) is 18.9 Å².